The van der Waals surface area contributed by atoms with Gasteiger partial charge < -0.3 is 24.4 Å². The number of nitrogens with one attached hydrogen (secondary N) is 1. The van der Waals surface area contributed by atoms with Crippen LogP contribution in [0.1, 0.15) is 70.4 Å². The monoisotopic (exact) mass is 432 g/mol. The molecule has 0 saturated carbocycles. The van der Waals surface area contributed by atoms with Gasteiger partial charge in [-0.2, -0.15) is 0 Å². The molecule has 9 heteroatoms. The van der Waals surface area contributed by atoms with Crippen molar-refractivity contribution in [3.63, 3.8) is 0 Å². The molecule has 0 unspecified atom stereocenters. The summed E-state index contributed by atoms with van der Waals surface area (Å²) in [5.41, 5.74) is 5.31. The van der Waals surface area contributed by atoms with Crippen molar-refractivity contribution < 1.29 is 33.0 Å². The van der Waals surface area contributed by atoms with Crippen molar-refractivity contribution >= 4 is 23.7 Å². The predicted octanol–water partition coefficient (Wildman–Crippen LogP) is 3.69. The van der Waals surface area contributed by atoms with Crippen molar-refractivity contribution in [2.75, 3.05) is 25.1 Å². The normalized spacial score (nSPS) is 10.5. The molecule has 1 heterocycles. The van der Waals surface area contributed by atoms with Crippen molar-refractivity contribution in [1.29, 1.82) is 0 Å². The van der Waals surface area contributed by atoms with Gasteiger partial charge in [-0.15, -0.1) is 0 Å². The number of ether oxygens (including phenoxy) is 3. The molecule has 1 aromatic heterocycles. The molecule has 168 valence electrons. The minimum absolute atomic E-state index is 0.107. The van der Waals surface area contributed by atoms with Gasteiger partial charge >= 0.3 is 5.97 Å². The van der Waals surface area contributed by atoms with Crippen LogP contribution >= 0.6 is 0 Å². The summed E-state index contributed by atoms with van der Waals surface area (Å²) in [4.78, 5) is 36.9. The van der Waals surface area contributed by atoms with E-state index in [2.05, 4.69) is 12.2 Å². The Balaban J connectivity index is 2.32. The number of esters is 1. The maximum absolute atomic E-state index is 12.8. The summed E-state index contributed by atoms with van der Waals surface area (Å²) in [6.45, 7) is 8.02. The van der Waals surface area contributed by atoms with Gasteiger partial charge in [0.1, 0.15) is 16.9 Å². The van der Waals surface area contributed by atoms with Crippen LogP contribution in [-0.4, -0.2) is 37.6 Å². The van der Waals surface area contributed by atoms with E-state index in [-0.39, 0.29) is 34.9 Å². The fourth-order valence-electron chi connectivity index (χ4n) is 2.86. The van der Waals surface area contributed by atoms with Crippen LogP contribution in [0.4, 0.5) is 5.88 Å². The van der Waals surface area contributed by atoms with Crippen molar-refractivity contribution in [3.8, 4) is 11.5 Å². The largest absolute Gasteiger partial charge is 0.490 e. The van der Waals surface area contributed by atoms with Crippen LogP contribution in [-0.2, 0) is 4.74 Å². The van der Waals surface area contributed by atoms with Gasteiger partial charge in [0, 0.05) is 5.56 Å². The highest BCUT2D eigenvalue weighted by Crippen LogP contribution is 2.31. The number of primary amides is 1. The number of aryl methyl sites for hydroxylation is 1. The Hall–Kier alpha value is -3.49. The van der Waals surface area contributed by atoms with E-state index in [1.54, 1.807) is 19.1 Å². The number of amides is 2. The first-order valence-electron chi connectivity index (χ1n) is 10.1. The van der Waals surface area contributed by atoms with E-state index in [0.29, 0.717) is 24.7 Å². The van der Waals surface area contributed by atoms with Gasteiger partial charge in [0.2, 0.25) is 5.88 Å². The summed E-state index contributed by atoms with van der Waals surface area (Å²) in [7, 11) is 0. The lowest BCUT2D eigenvalue weighted by Crippen LogP contribution is -2.20. The molecule has 0 spiro atoms. The first-order valence-corrected chi connectivity index (χ1v) is 10.1. The third kappa shape index (κ3) is 5.78. The van der Waals surface area contributed by atoms with Gasteiger partial charge in [-0.05, 0) is 45.4 Å². The molecule has 2 amide bonds. The van der Waals surface area contributed by atoms with Gasteiger partial charge in [0.15, 0.2) is 11.5 Å². The number of benzene rings is 1. The molecule has 0 bridgehead atoms. The highest BCUT2D eigenvalue weighted by Gasteiger charge is 2.29. The summed E-state index contributed by atoms with van der Waals surface area (Å²) in [6.07, 6.45) is 1.88. The number of furan rings is 1. The van der Waals surface area contributed by atoms with Crippen LogP contribution < -0.4 is 20.5 Å². The molecule has 0 aliphatic carbocycles. The molecule has 0 fully saturated rings. The molecule has 0 atom stereocenters. The van der Waals surface area contributed by atoms with Gasteiger partial charge in [0.25, 0.3) is 11.8 Å². The van der Waals surface area contributed by atoms with Crippen molar-refractivity contribution in [2.45, 2.75) is 40.5 Å². The molecule has 1 aromatic carbocycles. The first-order chi connectivity index (χ1) is 14.8. The molecule has 2 rings (SSSR count). The molecule has 0 aliphatic heterocycles. The number of unbranched alkanes of at least 4 members (excludes halogenated alkanes) is 1. The number of carbonyl (C=O) groups is 3. The van der Waals surface area contributed by atoms with E-state index in [1.165, 1.54) is 13.0 Å². The summed E-state index contributed by atoms with van der Waals surface area (Å²) < 4.78 is 21.7. The Kier molecular flexibility index (Phi) is 8.48. The summed E-state index contributed by atoms with van der Waals surface area (Å²) >= 11 is 0. The zero-order valence-electron chi connectivity index (χ0n) is 18.2. The van der Waals surface area contributed by atoms with E-state index in [0.717, 1.165) is 12.8 Å². The highest BCUT2D eigenvalue weighted by atomic mass is 16.5. The van der Waals surface area contributed by atoms with Crippen LogP contribution in [0.3, 0.4) is 0 Å². The number of carbonyl (C=O) groups excluding carboxylic acids is 3. The van der Waals surface area contributed by atoms with E-state index in [4.69, 9.17) is 24.4 Å². The first kappa shape index (κ1) is 23.8. The quantitative estimate of drug-likeness (QED) is 0.409. The minimum Gasteiger partial charge on any atom is -0.490 e. The van der Waals surface area contributed by atoms with E-state index >= 15 is 0 Å². The number of nitrogens with two attached hydrogens (primary N) is 1. The molecule has 0 radical (unpaired) electrons. The van der Waals surface area contributed by atoms with Crippen molar-refractivity contribution in [1.82, 2.24) is 0 Å². The molecule has 0 aliphatic rings. The van der Waals surface area contributed by atoms with Crippen LogP contribution in [0, 0.1) is 6.92 Å². The van der Waals surface area contributed by atoms with Crippen molar-refractivity contribution in [2.24, 2.45) is 5.73 Å². The van der Waals surface area contributed by atoms with Gasteiger partial charge in [-0.3, -0.25) is 14.9 Å². The summed E-state index contributed by atoms with van der Waals surface area (Å²) in [5, 5.41) is 2.50. The topological polar surface area (TPSA) is 130 Å². The lowest BCUT2D eigenvalue weighted by atomic mass is 10.1. The summed E-state index contributed by atoms with van der Waals surface area (Å²) in [6, 6.07) is 4.74. The van der Waals surface area contributed by atoms with E-state index in [9.17, 15) is 14.4 Å². The fraction of sp³-hybridized carbons (Fsp3) is 0.409. The minimum atomic E-state index is -0.926. The van der Waals surface area contributed by atoms with Crippen molar-refractivity contribution in [3.05, 3.63) is 40.6 Å². The lowest BCUT2D eigenvalue weighted by molar-refractivity contribution is 0.0521. The molecule has 0 saturated heterocycles. The maximum atomic E-state index is 12.8. The third-order valence-corrected chi connectivity index (χ3v) is 4.30. The second kappa shape index (κ2) is 11.1. The van der Waals surface area contributed by atoms with Crippen LogP contribution in [0.2, 0.25) is 0 Å². The van der Waals surface area contributed by atoms with Crippen LogP contribution in [0.15, 0.2) is 22.6 Å². The average Bonchev–Trinajstić information content (AvgIpc) is 3.05. The van der Waals surface area contributed by atoms with Crippen LogP contribution in [0.5, 0.6) is 11.5 Å². The Bertz CT molecular complexity index is 950. The smallest absolute Gasteiger partial charge is 0.342 e. The molecular weight excluding hydrogens is 404 g/mol. The van der Waals surface area contributed by atoms with Gasteiger partial charge in [0.05, 0.1) is 19.8 Å². The molecule has 2 aromatic rings. The third-order valence-electron chi connectivity index (χ3n) is 4.30. The molecule has 3 N–H and O–H groups in total. The Labute approximate surface area is 180 Å². The predicted molar refractivity (Wildman–Crippen MR) is 114 cm³/mol. The molecule has 31 heavy (non-hydrogen) atoms. The highest BCUT2D eigenvalue weighted by molar-refractivity contribution is 6.12. The standard InChI is InChI=1S/C22H28N2O7/c1-5-8-11-30-15-10-9-14(12-16(15)28-6-2)20(26)24-21-18(19(23)25)17(13(4)31-21)22(27)29-7-3/h9-10,12H,5-8,11H2,1-4H3,(H2,23,25)(H,24,26). The second-order valence-corrected chi connectivity index (χ2v) is 6.57. The van der Waals surface area contributed by atoms with Gasteiger partial charge in [-0.1, -0.05) is 13.3 Å². The van der Waals surface area contributed by atoms with Gasteiger partial charge in [-0.25, -0.2) is 4.79 Å². The lowest BCUT2D eigenvalue weighted by Gasteiger charge is -2.13. The zero-order valence-corrected chi connectivity index (χ0v) is 18.2. The Morgan fingerprint density at radius 1 is 1.03 bits per heavy atom. The SMILES string of the molecule is CCCCOc1ccc(C(=O)Nc2oc(C)c(C(=O)OCC)c2C(N)=O)cc1OCC. The fourth-order valence-corrected chi connectivity index (χ4v) is 2.86. The number of rotatable bonds is 11. The number of hydrogen-bond acceptors (Lipinski definition) is 7. The number of hydrogen-bond donors (Lipinski definition) is 2. The Morgan fingerprint density at radius 2 is 1.77 bits per heavy atom. The maximum Gasteiger partial charge on any atom is 0.342 e. The second-order valence-electron chi connectivity index (χ2n) is 6.57. The zero-order chi connectivity index (χ0) is 23.0. The molecular formula is C22H28N2O7. The molecule has 9 nitrogen and oxygen atoms in total. The summed E-state index contributed by atoms with van der Waals surface area (Å²) in [5.74, 6) is -1.42. The van der Waals surface area contributed by atoms with E-state index < -0.39 is 17.8 Å². The number of anilines is 1. The van der Waals surface area contributed by atoms with Crippen LogP contribution in [0.25, 0.3) is 0 Å². The Morgan fingerprint density at radius 3 is 2.39 bits per heavy atom. The average molecular weight is 432 g/mol. The van der Waals surface area contributed by atoms with E-state index in [1.807, 2.05) is 6.92 Å².